The zero-order chi connectivity index (χ0) is 28.6. The molecule has 4 rings (SSSR count). The lowest BCUT2D eigenvalue weighted by Crippen LogP contribution is -2.59. The Morgan fingerprint density at radius 2 is 1.93 bits per heavy atom. The van der Waals surface area contributed by atoms with Crippen LogP contribution < -0.4 is 16.8 Å². The number of aryl methyl sites for hydroxylation is 2. The molecule has 3 amide bonds. The van der Waals surface area contributed by atoms with Crippen molar-refractivity contribution in [3.05, 3.63) is 51.5 Å². The van der Waals surface area contributed by atoms with Gasteiger partial charge in [-0.25, -0.2) is 9.78 Å². The van der Waals surface area contributed by atoms with Crippen LogP contribution in [0.15, 0.2) is 35.3 Å². The molecule has 2 aliphatic rings. The van der Waals surface area contributed by atoms with E-state index in [9.17, 15) is 14.4 Å². The van der Waals surface area contributed by atoms with Crippen molar-refractivity contribution in [3.63, 3.8) is 0 Å². The highest BCUT2D eigenvalue weighted by Gasteiger charge is 2.42. The van der Waals surface area contributed by atoms with Crippen LogP contribution in [0.1, 0.15) is 71.4 Å². The molecule has 0 spiro atoms. The van der Waals surface area contributed by atoms with Crippen LogP contribution in [-0.2, 0) is 24.1 Å². The average molecular weight is 568 g/mol. The summed E-state index contributed by atoms with van der Waals surface area (Å²) in [6, 6.07) is 7.50. The summed E-state index contributed by atoms with van der Waals surface area (Å²) >= 11 is 1.40. The fourth-order valence-electron chi connectivity index (χ4n) is 5.54. The fourth-order valence-corrected chi connectivity index (χ4v) is 6.68. The Bertz CT molecular complexity index is 1190. The SMILES string of the molecule is CN[C@H](Cc1ccccc1)C(=O)N(C(=O)N1CCC[C@H]1C)C(CCCN=C(N)N)C(=O)c1nc2c(s1)CCCC2. The molecule has 40 heavy (non-hydrogen) atoms. The number of urea groups is 1. The van der Waals surface area contributed by atoms with Gasteiger partial charge in [0, 0.05) is 24.0 Å². The predicted molar refractivity (Wildman–Crippen MR) is 157 cm³/mol. The summed E-state index contributed by atoms with van der Waals surface area (Å²) in [6.07, 6.45) is 6.63. The maximum atomic E-state index is 14.3. The van der Waals surface area contributed by atoms with E-state index in [-0.39, 0.29) is 30.8 Å². The largest absolute Gasteiger partial charge is 0.370 e. The van der Waals surface area contributed by atoms with Crippen LogP contribution in [0.5, 0.6) is 0 Å². The molecule has 1 aliphatic heterocycles. The second kappa shape index (κ2) is 13.8. The van der Waals surface area contributed by atoms with E-state index in [4.69, 9.17) is 16.5 Å². The van der Waals surface area contributed by atoms with Gasteiger partial charge in [-0.15, -0.1) is 11.3 Å². The normalized spacial score (nSPS) is 18.1. The predicted octanol–water partition coefficient (Wildman–Crippen LogP) is 2.89. The maximum absolute atomic E-state index is 14.3. The minimum atomic E-state index is -1.01. The lowest BCUT2D eigenvalue weighted by Gasteiger charge is -2.36. The quantitative estimate of drug-likeness (QED) is 0.164. The van der Waals surface area contributed by atoms with Gasteiger partial charge in [-0.3, -0.25) is 19.5 Å². The highest BCUT2D eigenvalue weighted by molar-refractivity contribution is 7.13. The Balaban J connectivity index is 1.71. The summed E-state index contributed by atoms with van der Waals surface area (Å²) in [4.78, 5) is 55.4. The first-order valence-electron chi connectivity index (χ1n) is 14.2. The number of likely N-dealkylation sites (N-methyl/N-ethyl adjacent to an activating group) is 1. The van der Waals surface area contributed by atoms with Crippen LogP contribution >= 0.6 is 11.3 Å². The number of hydrogen-bond acceptors (Lipinski definition) is 7. The second-order valence-corrected chi connectivity index (χ2v) is 11.7. The average Bonchev–Trinajstić information content (AvgIpc) is 3.59. The fraction of sp³-hybridized carbons (Fsp3) is 0.552. The Morgan fingerprint density at radius 1 is 1.18 bits per heavy atom. The number of nitrogens with one attached hydrogen (secondary N) is 1. The zero-order valence-electron chi connectivity index (χ0n) is 23.5. The Hall–Kier alpha value is -3.31. The number of aliphatic imine (C=N–C) groups is 1. The molecule has 2 aromatic rings. The third kappa shape index (κ3) is 7.06. The lowest BCUT2D eigenvalue weighted by atomic mass is 10.0. The molecule has 1 saturated heterocycles. The number of aromatic nitrogens is 1. The standard InChI is InChI=1S/C29H41N7O3S/c1-19-10-9-17-35(19)29(39)36(27(38)22(32-2)18-20-11-4-3-5-12-20)23(14-8-16-33-28(30)31)25(37)26-34-21-13-6-7-15-24(21)40-26/h3-5,11-12,19,22-23,32H,6-10,13-18H2,1-2H3,(H4,30,31,33)/t19-,22-,23?/m1/s1. The molecule has 1 aromatic carbocycles. The van der Waals surface area contributed by atoms with Gasteiger partial charge in [0.25, 0.3) is 0 Å². The number of carbonyl (C=O) groups excluding carboxylic acids is 3. The number of Topliss-reactive ketones (excluding diaryl/α,β-unsaturated/α-hetero) is 1. The number of nitrogens with zero attached hydrogens (tertiary/aromatic N) is 4. The second-order valence-electron chi connectivity index (χ2n) is 10.6. The third-order valence-electron chi connectivity index (χ3n) is 7.77. The van der Waals surface area contributed by atoms with E-state index in [0.717, 1.165) is 54.7 Å². The van der Waals surface area contributed by atoms with Crippen LogP contribution in [0.3, 0.4) is 0 Å². The van der Waals surface area contributed by atoms with Gasteiger partial charge in [-0.1, -0.05) is 30.3 Å². The van der Waals surface area contributed by atoms with E-state index in [1.165, 1.54) is 16.2 Å². The Labute approximate surface area is 240 Å². The van der Waals surface area contributed by atoms with Gasteiger partial charge in [0.1, 0.15) is 6.04 Å². The molecular formula is C29H41N7O3S. The van der Waals surface area contributed by atoms with Crippen molar-refractivity contribution in [3.8, 4) is 0 Å². The number of ketones is 1. The lowest BCUT2D eigenvalue weighted by molar-refractivity contribution is -0.132. The molecule has 1 unspecified atom stereocenters. The number of likely N-dealkylation sites (tertiary alicyclic amines) is 1. The summed E-state index contributed by atoms with van der Waals surface area (Å²) in [5.41, 5.74) is 13.0. The van der Waals surface area contributed by atoms with E-state index in [1.54, 1.807) is 11.9 Å². The molecule has 2 heterocycles. The molecule has 1 aliphatic carbocycles. The van der Waals surface area contributed by atoms with Gasteiger partial charge >= 0.3 is 6.03 Å². The third-order valence-corrected chi connectivity index (χ3v) is 8.94. The number of benzene rings is 1. The number of fused-ring (bicyclic) bond motifs is 1. The molecule has 0 radical (unpaired) electrons. The highest BCUT2D eigenvalue weighted by atomic mass is 32.1. The summed E-state index contributed by atoms with van der Waals surface area (Å²) in [5.74, 6) is -0.757. The van der Waals surface area contributed by atoms with E-state index < -0.39 is 24.0 Å². The molecular weight excluding hydrogens is 526 g/mol. The summed E-state index contributed by atoms with van der Waals surface area (Å²) in [7, 11) is 1.71. The molecule has 3 atom stereocenters. The van der Waals surface area contributed by atoms with Gasteiger partial charge in [-0.05, 0) is 77.3 Å². The van der Waals surface area contributed by atoms with Crippen LogP contribution in [0.2, 0.25) is 0 Å². The Kier molecular flexibility index (Phi) is 10.3. The number of imide groups is 1. The first kappa shape index (κ1) is 29.7. The van der Waals surface area contributed by atoms with Crippen LogP contribution in [0, 0.1) is 0 Å². The van der Waals surface area contributed by atoms with Crippen LogP contribution in [0.25, 0.3) is 0 Å². The molecule has 0 saturated carbocycles. The number of rotatable bonds is 11. The molecule has 1 fully saturated rings. The zero-order valence-corrected chi connectivity index (χ0v) is 24.3. The number of amides is 3. The van der Waals surface area contributed by atoms with Gasteiger partial charge in [0.05, 0.1) is 11.7 Å². The van der Waals surface area contributed by atoms with Crippen molar-refractivity contribution < 1.29 is 14.4 Å². The minimum absolute atomic E-state index is 0.0190. The molecule has 5 N–H and O–H groups in total. The first-order chi connectivity index (χ1) is 19.3. The summed E-state index contributed by atoms with van der Waals surface area (Å²) in [5, 5.41) is 3.47. The molecule has 10 nitrogen and oxygen atoms in total. The molecule has 11 heteroatoms. The van der Waals surface area contributed by atoms with E-state index >= 15 is 0 Å². The van der Waals surface area contributed by atoms with Crippen molar-refractivity contribution in [1.29, 1.82) is 0 Å². The summed E-state index contributed by atoms with van der Waals surface area (Å²) in [6.45, 7) is 2.82. The van der Waals surface area contributed by atoms with Gasteiger partial charge in [0.2, 0.25) is 11.7 Å². The first-order valence-corrected chi connectivity index (χ1v) is 15.0. The smallest absolute Gasteiger partial charge is 0.327 e. The van der Waals surface area contributed by atoms with Crippen molar-refractivity contribution in [2.24, 2.45) is 16.5 Å². The van der Waals surface area contributed by atoms with E-state index in [1.807, 2.05) is 37.3 Å². The number of nitrogens with two attached hydrogens (primary N) is 2. The van der Waals surface area contributed by atoms with Crippen LogP contribution in [0.4, 0.5) is 4.79 Å². The highest BCUT2D eigenvalue weighted by Crippen LogP contribution is 2.30. The van der Waals surface area contributed by atoms with Gasteiger partial charge < -0.3 is 21.7 Å². The molecule has 216 valence electrons. The molecule has 1 aromatic heterocycles. The number of carbonyl (C=O) groups is 3. The molecule has 0 bridgehead atoms. The van der Waals surface area contributed by atoms with Gasteiger partial charge in [0.15, 0.2) is 11.0 Å². The number of hydrogen-bond donors (Lipinski definition) is 3. The van der Waals surface area contributed by atoms with E-state index in [2.05, 4.69) is 10.3 Å². The topological polar surface area (TPSA) is 147 Å². The van der Waals surface area contributed by atoms with Gasteiger partial charge in [-0.2, -0.15) is 0 Å². The summed E-state index contributed by atoms with van der Waals surface area (Å²) < 4.78 is 0. The maximum Gasteiger partial charge on any atom is 0.327 e. The van der Waals surface area contributed by atoms with Crippen LogP contribution in [-0.4, -0.2) is 76.7 Å². The van der Waals surface area contributed by atoms with Crippen molar-refractivity contribution in [1.82, 2.24) is 20.1 Å². The van der Waals surface area contributed by atoms with Crippen molar-refractivity contribution in [2.75, 3.05) is 20.1 Å². The number of guanidine groups is 1. The van der Waals surface area contributed by atoms with E-state index in [0.29, 0.717) is 24.4 Å². The minimum Gasteiger partial charge on any atom is -0.370 e. The monoisotopic (exact) mass is 567 g/mol. The van der Waals surface area contributed by atoms with Crippen molar-refractivity contribution >= 4 is 35.0 Å². The Morgan fingerprint density at radius 3 is 2.58 bits per heavy atom. The van der Waals surface area contributed by atoms with Crippen molar-refractivity contribution in [2.45, 2.75) is 82.8 Å². The number of thiazole rings is 1.